The van der Waals surface area contributed by atoms with Gasteiger partial charge in [0.15, 0.2) is 0 Å². The molecule has 0 N–H and O–H groups in total. The van der Waals surface area contributed by atoms with Crippen LogP contribution in [-0.2, 0) is 19.1 Å². The molecule has 110 valence electrons. The summed E-state index contributed by atoms with van der Waals surface area (Å²) in [5.41, 5.74) is 0. The highest BCUT2D eigenvalue weighted by atomic mass is 16.5. The third-order valence-electron chi connectivity index (χ3n) is 2.97. The van der Waals surface area contributed by atoms with Crippen molar-refractivity contribution in [3.8, 4) is 0 Å². The molecular weight excluding hydrogens is 256 g/mol. The fourth-order valence-electron chi connectivity index (χ4n) is 1.97. The molecule has 4 heteroatoms. The molecule has 0 fully saturated rings. The molecule has 0 aliphatic heterocycles. The van der Waals surface area contributed by atoms with Crippen LogP contribution in [0.5, 0.6) is 0 Å². The Kier molecular flexibility index (Phi) is 7.40. The third-order valence-corrected chi connectivity index (χ3v) is 2.97. The van der Waals surface area contributed by atoms with Gasteiger partial charge in [-0.05, 0) is 38.5 Å². The van der Waals surface area contributed by atoms with Crippen LogP contribution >= 0.6 is 0 Å². The normalized spacial score (nSPS) is 22.3. The Balaban J connectivity index is 2.41. The number of hydrogen-bond acceptors (Lipinski definition) is 4. The molecule has 0 radical (unpaired) electrons. The van der Waals surface area contributed by atoms with Crippen LogP contribution in [0.25, 0.3) is 0 Å². The molecule has 0 spiro atoms. The maximum atomic E-state index is 11.2. The van der Waals surface area contributed by atoms with Crippen LogP contribution in [0.1, 0.15) is 26.7 Å². The van der Waals surface area contributed by atoms with E-state index < -0.39 is 0 Å². The minimum Gasteiger partial charge on any atom is -0.463 e. The van der Waals surface area contributed by atoms with Crippen LogP contribution in [0.15, 0.2) is 36.5 Å². The van der Waals surface area contributed by atoms with Crippen molar-refractivity contribution in [3.05, 3.63) is 36.5 Å². The summed E-state index contributed by atoms with van der Waals surface area (Å²) in [5, 5.41) is 0. The van der Waals surface area contributed by atoms with Gasteiger partial charge in [0.1, 0.15) is 0 Å². The van der Waals surface area contributed by atoms with Gasteiger partial charge in [-0.15, -0.1) is 0 Å². The molecule has 1 aliphatic carbocycles. The van der Waals surface area contributed by atoms with E-state index in [-0.39, 0.29) is 23.8 Å². The predicted molar refractivity (Wildman–Crippen MR) is 76.9 cm³/mol. The molecular formula is C16H22O4. The lowest BCUT2D eigenvalue weighted by molar-refractivity contribution is -0.138. The topological polar surface area (TPSA) is 52.6 Å². The molecule has 0 amide bonds. The van der Waals surface area contributed by atoms with Gasteiger partial charge in [0, 0.05) is 12.2 Å². The van der Waals surface area contributed by atoms with Gasteiger partial charge in [-0.2, -0.15) is 0 Å². The summed E-state index contributed by atoms with van der Waals surface area (Å²) in [6.07, 6.45) is 12.7. The summed E-state index contributed by atoms with van der Waals surface area (Å²) < 4.78 is 9.66. The lowest BCUT2D eigenvalue weighted by Gasteiger charge is -2.17. The van der Waals surface area contributed by atoms with Gasteiger partial charge in [0.05, 0.1) is 13.2 Å². The first-order chi connectivity index (χ1) is 9.65. The van der Waals surface area contributed by atoms with Crippen molar-refractivity contribution in [1.82, 2.24) is 0 Å². The maximum absolute atomic E-state index is 11.2. The number of hydrogen-bond donors (Lipinski definition) is 0. The van der Waals surface area contributed by atoms with Crippen LogP contribution in [-0.4, -0.2) is 25.2 Å². The predicted octanol–water partition coefficient (Wildman–Crippen LogP) is 2.81. The SMILES string of the molecule is CCOC(=O)/C=C\[C@H]1C=C[C@@H](/C=C\C(=O)OCC)CC1. The molecule has 0 saturated carbocycles. The zero-order valence-electron chi connectivity index (χ0n) is 12.1. The van der Waals surface area contributed by atoms with Crippen LogP contribution in [0.3, 0.4) is 0 Å². The number of rotatable bonds is 6. The lowest BCUT2D eigenvalue weighted by atomic mass is 9.88. The summed E-state index contributed by atoms with van der Waals surface area (Å²) in [4.78, 5) is 22.4. The maximum Gasteiger partial charge on any atom is 0.330 e. The highest BCUT2D eigenvalue weighted by molar-refractivity contribution is 5.82. The summed E-state index contributed by atoms with van der Waals surface area (Å²) in [6.45, 7) is 4.36. The lowest BCUT2D eigenvalue weighted by Crippen LogP contribution is -2.07. The van der Waals surface area contributed by atoms with Gasteiger partial charge in [0.2, 0.25) is 0 Å². The standard InChI is InChI=1S/C16H22O4/c1-3-19-15(17)11-9-13-5-7-14(8-6-13)10-12-16(18)20-4-2/h5,7,9-14H,3-4,6,8H2,1-2H3/b11-9-,12-10-/t13-,14+. The summed E-state index contributed by atoms with van der Waals surface area (Å²) in [7, 11) is 0. The van der Waals surface area contributed by atoms with E-state index in [1.807, 2.05) is 12.2 Å². The Hall–Kier alpha value is -1.84. The molecule has 1 aliphatic rings. The molecule has 0 aromatic carbocycles. The fourth-order valence-corrected chi connectivity index (χ4v) is 1.97. The van der Waals surface area contributed by atoms with Crippen molar-refractivity contribution >= 4 is 11.9 Å². The van der Waals surface area contributed by atoms with Crippen LogP contribution in [0, 0.1) is 11.8 Å². The Labute approximate surface area is 120 Å². The second-order valence-electron chi connectivity index (χ2n) is 4.51. The van der Waals surface area contributed by atoms with E-state index in [4.69, 9.17) is 9.47 Å². The molecule has 20 heavy (non-hydrogen) atoms. The van der Waals surface area contributed by atoms with Crippen LogP contribution < -0.4 is 0 Å². The van der Waals surface area contributed by atoms with E-state index in [1.54, 1.807) is 13.8 Å². The molecule has 0 aromatic rings. The second kappa shape index (κ2) is 9.13. The number of carbonyl (C=O) groups excluding carboxylic acids is 2. The molecule has 1 rings (SSSR count). The first-order valence-corrected chi connectivity index (χ1v) is 7.04. The zero-order chi connectivity index (χ0) is 14.8. The van der Waals surface area contributed by atoms with Crippen molar-refractivity contribution in [2.24, 2.45) is 11.8 Å². The van der Waals surface area contributed by atoms with Gasteiger partial charge < -0.3 is 9.47 Å². The Morgan fingerprint density at radius 1 is 0.950 bits per heavy atom. The van der Waals surface area contributed by atoms with Crippen molar-refractivity contribution in [2.45, 2.75) is 26.7 Å². The van der Waals surface area contributed by atoms with Crippen LogP contribution in [0.4, 0.5) is 0 Å². The average Bonchev–Trinajstić information content (AvgIpc) is 2.45. The number of carbonyl (C=O) groups is 2. The first kappa shape index (κ1) is 16.2. The Morgan fingerprint density at radius 3 is 1.65 bits per heavy atom. The van der Waals surface area contributed by atoms with Crippen LogP contribution in [0.2, 0.25) is 0 Å². The summed E-state index contributed by atoms with van der Waals surface area (Å²) >= 11 is 0. The number of ether oxygens (including phenoxy) is 2. The highest BCUT2D eigenvalue weighted by Crippen LogP contribution is 2.24. The average molecular weight is 278 g/mol. The largest absolute Gasteiger partial charge is 0.463 e. The first-order valence-electron chi connectivity index (χ1n) is 7.04. The number of allylic oxidation sites excluding steroid dienone is 4. The van der Waals surface area contributed by atoms with E-state index in [2.05, 4.69) is 12.2 Å². The smallest absolute Gasteiger partial charge is 0.330 e. The van der Waals surface area contributed by atoms with Gasteiger partial charge in [0.25, 0.3) is 0 Å². The summed E-state index contributed by atoms with van der Waals surface area (Å²) in [5.74, 6) is -0.0891. The molecule has 0 unspecified atom stereocenters. The van der Waals surface area contributed by atoms with Gasteiger partial charge >= 0.3 is 11.9 Å². The third kappa shape index (κ3) is 6.36. The zero-order valence-corrected chi connectivity index (χ0v) is 12.1. The van der Waals surface area contributed by atoms with Gasteiger partial charge in [-0.1, -0.05) is 24.3 Å². The molecule has 0 saturated heterocycles. The molecule has 4 nitrogen and oxygen atoms in total. The number of esters is 2. The van der Waals surface area contributed by atoms with Crippen molar-refractivity contribution in [2.75, 3.05) is 13.2 Å². The van der Waals surface area contributed by atoms with E-state index in [0.717, 1.165) is 12.8 Å². The van der Waals surface area contributed by atoms with E-state index in [1.165, 1.54) is 12.2 Å². The van der Waals surface area contributed by atoms with Crippen molar-refractivity contribution in [3.63, 3.8) is 0 Å². The molecule has 2 atom stereocenters. The Bertz CT molecular complexity index is 369. The summed E-state index contributed by atoms with van der Waals surface area (Å²) in [6, 6.07) is 0. The van der Waals surface area contributed by atoms with Crippen molar-refractivity contribution < 1.29 is 19.1 Å². The highest BCUT2D eigenvalue weighted by Gasteiger charge is 2.12. The second-order valence-corrected chi connectivity index (χ2v) is 4.51. The van der Waals surface area contributed by atoms with Gasteiger partial charge in [-0.3, -0.25) is 0 Å². The monoisotopic (exact) mass is 278 g/mol. The van der Waals surface area contributed by atoms with Gasteiger partial charge in [-0.25, -0.2) is 9.59 Å². The molecule has 0 bridgehead atoms. The molecule has 0 heterocycles. The van der Waals surface area contributed by atoms with E-state index >= 15 is 0 Å². The quantitative estimate of drug-likeness (QED) is 0.426. The molecule has 0 aromatic heterocycles. The van der Waals surface area contributed by atoms with E-state index in [0.29, 0.717) is 13.2 Å². The van der Waals surface area contributed by atoms with E-state index in [9.17, 15) is 9.59 Å². The minimum absolute atomic E-state index is 0.256. The van der Waals surface area contributed by atoms with Crippen molar-refractivity contribution in [1.29, 1.82) is 0 Å². The fraction of sp³-hybridized carbons (Fsp3) is 0.500. The minimum atomic E-state index is -0.301. The Morgan fingerprint density at radius 2 is 1.35 bits per heavy atom.